The molecule has 0 spiro atoms. The molecule has 0 radical (unpaired) electrons. The van der Waals surface area contributed by atoms with Crippen molar-refractivity contribution in [2.75, 3.05) is 31.1 Å². The summed E-state index contributed by atoms with van der Waals surface area (Å²) in [7, 11) is 0. The first-order valence-electron chi connectivity index (χ1n) is 7.46. The number of anilines is 1. The van der Waals surface area contributed by atoms with Crippen molar-refractivity contribution in [3.8, 4) is 6.07 Å². The van der Waals surface area contributed by atoms with Crippen molar-refractivity contribution in [3.05, 3.63) is 29.6 Å². The quantitative estimate of drug-likeness (QED) is 0.830. The van der Waals surface area contributed by atoms with E-state index in [-0.39, 0.29) is 5.82 Å². The maximum Gasteiger partial charge on any atom is 0.147 e. The van der Waals surface area contributed by atoms with E-state index in [1.165, 1.54) is 38.4 Å². The Morgan fingerprint density at radius 3 is 2.65 bits per heavy atom. The molecular weight excluding hydrogens is 253 g/mol. The summed E-state index contributed by atoms with van der Waals surface area (Å²) in [6, 6.07) is 7.32. The summed E-state index contributed by atoms with van der Waals surface area (Å²) in [6.45, 7) is 4.19. The average molecular weight is 273 g/mol. The minimum Gasteiger partial charge on any atom is -0.368 e. The highest BCUT2D eigenvalue weighted by Crippen LogP contribution is 2.27. The molecule has 2 fully saturated rings. The van der Waals surface area contributed by atoms with Gasteiger partial charge in [0.2, 0.25) is 0 Å². The molecule has 2 aliphatic rings. The van der Waals surface area contributed by atoms with Gasteiger partial charge in [-0.3, -0.25) is 4.90 Å². The Balaban J connectivity index is 1.69. The molecule has 0 aromatic heterocycles. The largest absolute Gasteiger partial charge is 0.368 e. The van der Waals surface area contributed by atoms with E-state index in [2.05, 4.69) is 9.80 Å². The van der Waals surface area contributed by atoms with E-state index in [1.807, 2.05) is 6.07 Å². The molecule has 2 heterocycles. The van der Waals surface area contributed by atoms with Crippen molar-refractivity contribution in [1.29, 1.82) is 5.26 Å². The molecule has 4 heteroatoms. The Bertz CT molecular complexity index is 517. The smallest absolute Gasteiger partial charge is 0.147 e. The molecule has 2 aliphatic heterocycles. The number of rotatable bonds is 2. The minimum absolute atomic E-state index is 0.275. The zero-order valence-electron chi connectivity index (χ0n) is 11.7. The van der Waals surface area contributed by atoms with Crippen LogP contribution in [-0.4, -0.2) is 37.1 Å². The summed E-state index contributed by atoms with van der Waals surface area (Å²) in [6.07, 6.45) is 5.04. The molecule has 106 valence electrons. The Kier molecular flexibility index (Phi) is 3.88. The number of hydrogen-bond donors (Lipinski definition) is 0. The maximum atomic E-state index is 14.1. The summed E-state index contributed by atoms with van der Waals surface area (Å²) in [4.78, 5) is 4.68. The third kappa shape index (κ3) is 2.64. The van der Waals surface area contributed by atoms with E-state index in [0.29, 0.717) is 17.3 Å². The third-order valence-corrected chi connectivity index (χ3v) is 4.49. The molecule has 0 N–H and O–H groups in total. The molecule has 0 aliphatic carbocycles. The van der Waals surface area contributed by atoms with Gasteiger partial charge in [-0.2, -0.15) is 5.26 Å². The topological polar surface area (TPSA) is 30.3 Å². The number of likely N-dealkylation sites (tertiary alicyclic amines) is 1. The zero-order valence-corrected chi connectivity index (χ0v) is 11.7. The predicted octanol–water partition coefficient (Wildman–Crippen LogP) is 2.76. The SMILES string of the molecule is N#Cc1ccc(N2CCC(N3CCCCC3)C2)c(F)c1. The lowest BCUT2D eigenvalue weighted by molar-refractivity contribution is 0.175. The van der Waals surface area contributed by atoms with Gasteiger partial charge in [0, 0.05) is 19.1 Å². The number of benzene rings is 1. The van der Waals surface area contributed by atoms with Crippen LogP contribution in [0.3, 0.4) is 0 Å². The van der Waals surface area contributed by atoms with Crippen LogP contribution in [0, 0.1) is 17.1 Å². The lowest BCUT2D eigenvalue weighted by atomic mass is 10.1. The van der Waals surface area contributed by atoms with E-state index >= 15 is 0 Å². The maximum absolute atomic E-state index is 14.1. The summed E-state index contributed by atoms with van der Waals surface area (Å²) in [5.41, 5.74) is 1.03. The number of halogens is 1. The van der Waals surface area contributed by atoms with Crippen molar-refractivity contribution in [1.82, 2.24) is 4.90 Å². The zero-order chi connectivity index (χ0) is 13.9. The van der Waals surface area contributed by atoms with E-state index in [0.717, 1.165) is 19.5 Å². The van der Waals surface area contributed by atoms with Gasteiger partial charge in [0.05, 0.1) is 17.3 Å². The molecule has 1 unspecified atom stereocenters. The van der Waals surface area contributed by atoms with E-state index in [1.54, 1.807) is 12.1 Å². The molecule has 3 nitrogen and oxygen atoms in total. The van der Waals surface area contributed by atoms with Crippen LogP contribution in [0.15, 0.2) is 18.2 Å². The fourth-order valence-corrected chi connectivity index (χ4v) is 3.38. The van der Waals surface area contributed by atoms with Crippen LogP contribution in [0.1, 0.15) is 31.2 Å². The lowest BCUT2D eigenvalue weighted by Crippen LogP contribution is -2.40. The van der Waals surface area contributed by atoms with Crippen molar-refractivity contribution < 1.29 is 4.39 Å². The first-order valence-corrected chi connectivity index (χ1v) is 7.46. The molecule has 1 atom stereocenters. The van der Waals surface area contributed by atoms with Gasteiger partial charge >= 0.3 is 0 Å². The van der Waals surface area contributed by atoms with Crippen LogP contribution in [0.25, 0.3) is 0 Å². The molecule has 0 bridgehead atoms. The monoisotopic (exact) mass is 273 g/mol. The van der Waals surface area contributed by atoms with Crippen LogP contribution in [-0.2, 0) is 0 Å². The molecule has 20 heavy (non-hydrogen) atoms. The highest BCUT2D eigenvalue weighted by atomic mass is 19.1. The second-order valence-corrected chi connectivity index (χ2v) is 5.76. The van der Waals surface area contributed by atoms with E-state index in [9.17, 15) is 4.39 Å². The molecule has 2 saturated heterocycles. The standard InChI is InChI=1S/C16H20FN3/c17-15-10-13(11-18)4-5-16(15)20-9-6-14(12-20)19-7-2-1-3-8-19/h4-5,10,14H,1-3,6-9,12H2. The van der Waals surface area contributed by atoms with Gasteiger partial charge in [0.15, 0.2) is 0 Å². The summed E-state index contributed by atoms with van der Waals surface area (Å²) < 4.78 is 14.1. The van der Waals surface area contributed by atoms with Crippen LogP contribution in [0.5, 0.6) is 0 Å². The van der Waals surface area contributed by atoms with Gasteiger partial charge in [0.25, 0.3) is 0 Å². The number of nitriles is 1. The second-order valence-electron chi connectivity index (χ2n) is 5.76. The van der Waals surface area contributed by atoms with Crippen LogP contribution in [0.2, 0.25) is 0 Å². The van der Waals surface area contributed by atoms with E-state index < -0.39 is 0 Å². The van der Waals surface area contributed by atoms with Gasteiger partial charge in [-0.1, -0.05) is 6.42 Å². The van der Waals surface area contributed by atoms with Crippen LogP contribution < -0.4 is 4.90 Å². The molecule has 0 amide bonds. The van der Waals surface area contributed by atoms with Crippen molar-refractivity contribution >= 4 is 5.69 Å². The van der Waals surface area contributed by atoms with Gasteiger partial charge in [-0.05, 0) is 50.6 Å². The van der Waals surface area contributed by atoms with Crippen molar-refractivity contribution in [2.45, 2.75) is 31.7 Å². The Morgan fingerprint density at radius 2 is 1.95 bits per heavy atom. The third-order valence-electron chi connectivity index (χ3n) is 4.49. The summed E-state index contributed by atoms with van der Waals surface area (Å²) in [5, 5.41) is 8.79. The van der Waals surface area contributed by atoms with Crippen molar-refractivity contribution in [3.63, 3.8) is 0 Å². The molecule has 3 rings (SSSR count). The van der Waals surface area contributed by atoms with Gasteiger partial charge < -0.3 is 4.90 Å². The minimum atomic E-state index is -0.275. The lowest BCUT2D eigenvalue weighted by Gasteiger charge is -2.32. The fourth-order valence-electron chi connectivity index (χ4n) is 3.38. The molecule has 1 aromatic carbocycles. The highest BCUT2D eigenvalue weighted by Gasteiger charge is 2.29. The van der Waals surface area contributed by atoms with Gasteiger partial charge in [-0.15, -0.1) is 0 Å². The number of nitrogens with zero attached hydrogens (tertiary/aromatic N) is 3. The summed E-state index contributed by atoms with van der Waals surface area (Å²) in [5.74, 6) is -0.275. The normalized spacial score (nSPS) is 23.8. The number of hydrogen-bond acceptors (Lipinski definition) is 3. The first kappa shape index (κ1) is 13.4. The average Bonchev–Trinajstić information content (AvgIpc) is 2.97. The van der Waals surface area contributed by atoms with E-state index in [4.69, 9.17) is 5.26 Å². The Hall–Kier alpha value is -1.60. The highest BCUT2D eigenvalue weighted by molar-refractivity contribution is 5.52. The number of piperidine rings is 1. The van der Waals surface area contributed by atoms with Crippen LogP contribution >= 0.6 is 0 Å². The predicted molar refractivity (Wildman–Crippen MR) is 77.2 cm³/mol. The summed E-state index contributed by atoms with van der Waals surface area (Å²) >= 11 is 0. The second kappa shape index (κ2) is 5.80. The molecular formula is C16H20FN3. The van der Waals surface area contributed by atoms with Crippen LogP contribution in [0.4, 0.5) is 10.1 Å². The molecule has 0 saturated carbocycles. The first-order chi connectivity index (χ1) is 9.78. The van der Waals surface area contributed by atoms with Crippen molar-refractivity contribution in [2.24, 2.45) is 0 Å². The fraction of sp³-hybridized carbons (Fsp3) is 0.562. The van der Waals surface area contributed by atoms with Gasteiger partial charge in [-0.25, -0.2) is 4.39 Å². The Morgan fingerprint density at radius 1 is 1.15 bits per heavy atom. The Labute approximate surface area is 119 Å². The van der Waals surface area contributed by atoms with Gasteiger partial charge in [0.1, 0.15) is 5.82 Å². The molecule has 1 aromatic rings.